The third-order valence-corrected chi connectivity index (χ3v) is 2.89. The molecule has 0 atom stereocenters. The summed E-state index contributed by atoms with van der Waals surface area (Å²) in [7, 11) is 0. The lowest BCUT2D eigenvalue weighted by Crippen LogP contribution is -2.19. The van der Waals surface area contributed by atoms with E-state index in [9.17, 15) is 19.8 Å². The molecule has 0 aliphatic heterocycles. The normalized spacial score (nSPS) is 10.6. The molecule has 0 amide bonds. The first-order valence-corrected chi connectivity index (χ1v) is 6.21. The summed E-state index contributed by atoms with van der Waals surface area (Å²) in [5.41, 5.74) is 0.381. The molecule has 0 aliphatic rings. The summed E-state index contributed by atoms with van der Waals surface area (Å²) in [5.74, 6) is -2.37. The molecule has 0 bridgehead atoms. The van der Waals surface area contributed by atoms with Crippen LogP contribution in [0.5, 0.6) is 5.75 Å². The minimum Gasteiger partial charge on any atom is -0.545 e. The Balaban J connectivity index is 2.69. The molecule has 0 saturated heterocycles. The molecule has 7 heteroatoms. The number of carboxylic acids is 1. The van der Waals surface area contributed by atoms with Crippen LogP contribution in [0.25, 0.3) is 0 Å². The van der Waals surface area contributed by atoms with Crippen molar-refractivity contribution in [2.24, 2.45) is 0 Å². The number of esters is 1. The Kier molecular flexibility index (Phi) is 5.36. The molecule has 0 radical (unpaired) electrons. The third-order valence-electron chi connectivity index (χ3n) is 1.83. The van der Waals surface area contributed by atoms with Crippen molar-refractivity contribution in [3.63, 3.8) is 0 Å². The van der Waals surface area contributed by atoms with E-state index >= 15 is 0 Å². The van der Waals surface area contributed by atoms with E-state index < -0.39 is 11.9 Å². The second kappa shape index (κ2) is 6.55. The van der Waals surface area contributed by atoms with Gasteiger partial charge in [0.25, 0.3) is 0 Å². The zero-order chi connectivity index (χ0) is 13.7. The lowest BCUT2D eigenvalue weighted by atomic mass is 10.2. The van der Waals surface area contributed by atoms with Crippen LogP contribution < -0.4 is 5.11 Å². The van der Waals surface area contributed by atoms with Crippen molar-refractivity contribution in [1.82, 2.24) is 0 Å². The Bertz CT molecular complexity index is 510. The average Bonchev–Trinajstić information content (AvgIpc) is 2.29. The van der Waals surface area contributed by atoms with E-state index in [0.29, 0.717) is 20.6 Å². The summed E-state index contributed by atoms with van der Waals surface area (Å²) >= 11 is 6.36. The van der Waals surface area contributed by atoms with E-state index in [1.54, 1.807) is 12.1 Å². The molecule has 0 aliphatic carbocycles. The molecule has 0 heterocycles. The molecular weight excluding hydrogens is 372 g/mol. The monoisotopic (exact) mass is 377 g/mol. The van der Waals surface area contributed by atoms with Crippen LogP contribution in [-0.2, 0) is 20.9 Å². The summed E-state index contributed by atoms with van der Waals surface area (Å²) in [5, 5.41) is 19.7. The predicted molar refractivity (Wildman–Crippen MR) is 67.4 cm³/mol. The van der Waals surface area contributed by atoms with Crippen LogP contribution in [-0.4, -0.2) is 17.0 Å². The van der Waals surface area contributed by atoms with Crippen LogP contribution in [0.15, 0.2) is 33.2 Å². The SMILES string of the molecule is O=C([O-])C=CC(=O)OCc1cc(Br)cc(Br)c1O. The molecule has 1 rings (SSSR count). The molecule has 0 fully saturated rings. The topological polar surface area (TPSA) is 86.7 Å². The highest BCUT2D eigenvalue weighted by molar-refractivity contribution is 9.11. The highest BCUT2D eigenvalue weighted by Crippen LogP contribution is 2.32. The van der Waals surface area contributed by atoms with Crippen molar-refractivity contribution in [2.45, 2.75) is 6.61 Å². The Morgan fingerprint density at radius 2 is 2.00 bits per heavy atom. The van der Waals surface area contributed by atoms with Crippen LogP contribution in [0, 0.1) is 0 Å². The van der Waals surface area contributed by atoms with Gasteiger partial charge in [0.2, 0.25) is 0 Å². The van der Waals surface area contributed by atoms with Gasteiger partial charge < -0.3 is 19.7 Å². The number of phenolic OH excluding ortho intramolecular Hbond substituents is 1. The molecule has 0 unspecified atom stereocenters. The smallest absolute Gasteiger partial charge is 0.331 e. The molecule has 0 spiro atoms. The van der Waals surface area contributed by atoms with E-state index in [0.717, 1.165) is 6.08 Å². The second-order valence-corrected chi connectivity index (χ2v) is 4.93. The summed E-state index contributed by atoms with van der Waals surface area (Å²) in [4.78, 5) is 21.2. The fourth-order valence-electron chi connectivity index (χ4n) is 1.06. The van der Waals surface area contributed by atoms with Gasteiger partial charge in [0.05, 0.1) is 10.4 Å². The fourth-order valence-corrected chi connectivity index (χ4v) is 2.38. The first kappa shape index (κ1) is 14.7. The van der Waals surface area contributed by atoms with E-state index in [-0.39, 0.29) is 12.4 Å². The Labute approximate surface area is 119 Å². The number of hydrogen-bond donors (Lipinski definition) is 1. The van der Waals surface area contributed by atoms with Crippen LogP contribution >= 0.6 is 31.9 Å². The lowest BCUT2D eigenvalue weighted by molar-refractivity contribution is -0.297. The molecule has 96 valence electrons. The number of aromatic hydroxyl groups is 1. The molecule has 1 N–H and O–H groups in total. The maximum Gasteiger partial charge on any atom is 0.331 e. The number of carbonyl (C=O) groups excluding carboxylic acids is 2. The van der Waals surface area contributed by atoms with Crippen molar-refractivity contribution in [3.05, 3.63) is 38.8 Å². The highest BCUT2D eigenvalue weighted by atomic mass is 79.9. The molecule has 0 aromatic heterocycles. The van der Waals surface area contributed by atoms with Gasteiger partial charge in [0.15, 0.2) is 0 Å². The maximum atomic E-state index is 11.1. The summed E-state index contributed by atoms with van der Waals surface area (Å²) in [6.07, 6.45) is 1.30. The van der Waals surface area contributed by atoms with Crippen molar-refractivity contribution in [2.75, 3.05) is 0 Å². The second-order valence-electron chi connectivity index (χ2n) is 3.16. The molecule has 1 aromatic carbocycles. The number of aliphatic carboxylic acids is 1. The van der Waals surface area contributed by atoms with Crippen molar-refractivity contribution >= 4 is 43.8 Å². The van der Waals surface area contributed by atoms with Gasteiger partial charge in [-0.05, 0) is 34.1 Å². The van der Waals surface area contributed by atoms with Gasteiger partial charge in [-0.15, -0.1) is 0 Å². The van der Waals surface area contributed by atoms with Crippen molar-refractivity contribution < 1.29 is 24.5 Å². The van der Waals surface area contributed by atoms with Crippen LogP contribution in [0.4, 0.5) is 0 Å². The highest BCUT2D eigenvalue weighted by Gasteiger charge is 2.09. The molecular formula is C11H7Br2O5-. The maximum absolute atomic E-state index is 11.1. The third kappa shape index (κ3) is 4.50. The Morgan fingerprint density at radius 1 is 1.33 bits per heavy atom. The van der Waals surface area contributed by atoms with Gasteiger partial charge >= 0.3 is 5.97 Å². The number of ether oxygens (including phenoxy) is 1. The van der Waals surface area contributed by atoms with Gasteiger partial charge in [-0.25, -0.2) is 4.79 Å². The van der Waals surface area contributed by atoms with E-state index in [4.69, 9.17) is 4.74 Å². The fraction of sp³-hybridized carbons (Fsp3) is 0.0909. The Morgan fingerprint density at radius 3 is 2.61 bits per heavy atom. The zero-order valence-corrected chi connectivity index (χ0v) is 12.0. The predicted octanol–water partition coefficient (Wildman–Crippen LogP) is 1.27. The molecule has 18 heavy (non-hydrogen) atoms. The average molecular weight is 379 g/mol. The summed E-state index contributed by atoms with van der Waals surface area (Å²) < 4.78 is 5.90. The standard InChI is InChI=1S/C11H8Br2O5/c12-7-3-6(11(17)8(13)4-7)5-18-10(16)2-1-9(14)15/h1-4,17H,5H2,(H,14,15)/p-1. The van der Waals surface area contributed by atoms with Crippen molar-refractivity contribution in [3.8, 4) is 5.75 Å². The van der Waals surface area contributed by atoms with Gasteiger partial charge in [0, 0.05) is 16.1 Å². The number of halogens is 2. The van der Waals surface area contributed by atoms with E-state index in [2.05, 4.69) is 31.9 Å². The molecule has 5 nitrogen and oxygen atoms in total. The Hall–Kier alpha value is -1.34. The van der Waals surface area contributed by atoms with Crippen molar-refractivity contribution in [1.29, 1.82) is 0 Å². The first-order chi connectivity index (χ1) is 8.40. The van der Waals surface area contributed by atoms with Gasteiger partial charge in [0.1, 0.15) is 12.4 Å². The quantitative estimate of drug-likeness (QED) is 0.629. The van der Waals surface area contributed by atoms with Crippen LogP contribution in [0.2, 0.25) is 0 Å². The number of hydrogen-bond acceptors (Lipinski definition) is 5. The summed E-state index contributed by atoms with van der Waals surface area (Å²) in [6, 6.07) is 3.21. The van der Waals surface area contributed by atoms with Crippen LogP contribution in [0.1, 0.15) is 5.56 Å². The van der Waals surface area contributed by atoms with Gasteiger partial charge in [-0.3, -0.25) is 0 Å². The largest absolute Gasteiger partial charge is 0.545 e. The first-order valence-electron chi connectivity index (χ1n) is 4.63. The minimum absolute atomic E-state index is 0.0464. The number of benzene rings is 1. The van der Waals surface area contributed by atoms with Gasteiger partial charge in [-0.2, -0.15) is 0 Å². The minimum atomic E-state index is -1.49. The zero-order valence-electron chi connectivity index (χ0n) is 8.85. The number of rotatable bonds is 4. The van der Waals surface area contributed by atoms with Crippen LogP contribution in [0.3, 0.4) is 0 Å². The number of carboxylic acid groups (broad SMARTS) is 1. The lowest BCUT2D eigenvalue weighted by Gasteiger charge is -2.07. The van der Waals surface area contributed by atoms with Gasteiger partial charge in [-0.1, -0.05) is 15.9 Å². The number of carbonyl (C=O) groups is 2. The van der Waals surface area contributed by atoms with E-state index in [1.807, 2.05) is 0 Å². The number of phenols is 1. The molecule has 1 aromatic rings. The van der Waals surface area contributed by atoms with E-state index in [1.165, 1.54) is 0 Å². The molecule has 0 saturated carbocycles. The summed E-state index contributed by atoms with van der Waals surface area (Å²) in [6.45, 7) is -0.180.